The van der Waals surface area contributed by atoms with Crippen molar-refractivity contribution >= 4 is 16.6 Å². The van der Waals surface area contributed by atoms with Gasteiger partial charge in [-0.25, -0.2) is 0 Å². The Bertz CT molecular complexity index is 609. The minimum atomic E-state index is -0.485. The molecule has 0 bridgehead atoms. The van der Waals surface area contributed by atoms with Crippen LogP contribution in [0.5, 0.6) is 0 Å². The Morgan fingerprint density at radius 1 is 1.47 bits per heavy atom. The first-order valence-electron chi connectivity index (χ1n) is 4.34. The van der Waals surface area contributed by atoms with Crippen LogP contribution in [0.15, 0.2) is 16.9 Å². The van der Waals surface area contributed by atoms with Gasteiger partial charge in [-0.1, -0.05) is 0 Å². The first-order valence-corrected chi connectivity index (χ1v) is 4.34. The number of hydrogen-bond donors (Lipinski definition) is 1. The number of hydrogen-bond acceptors (Lipinski definition) is 3. The number of nitro groups is 1. The molecule has 0 aliphatic heterocycles. The average molecular weight is 207 g/mol. The van der Waals surface area contributed by atoms with Gasteiger partial charge < -0.3 is 0 Å². The SMILES string of the molecule is Cc1cc2c(cc1[N+](=O)[O-])c(=O)[nH]n2C. The second-order valence-corrected chi connectivity index (χ2v) is 3.41. The summed E-state index contributed by atoms with van der Waals surface area (Å²) in [7, 11) is 1.69. The third-order valence-electron chi connectivity index (χ3n) is 2.39. The van der Waals surface area contributed by atoms with Gasteiger partial charge in [0.1, 0.15) is 0 Å². The lowest BCUT2D eigenvalue weighted by Gasteiger charge is -1.98. The average Bonchev–Trinajstić information content (AvgIpc) is 2.41. The standard InChI is InChI=1S/C9H9N3O3/c1-5-3-8-6(4-7(5)12(14)15)9(13)10-11(8)2/h3-4H,1-2H3,(H,10,13). The van der Waals surface area contributed by atoms with Gasteiger partial charge in [-0.3, -0.25) is 24.7 Å². The minimum Gasteiger partial charge on any atom is -0.288 e. The highest BCUT2D eigenvalue weighted by Crippen LogP contribution is 2.22. The van der Waals surface area contributed by atoms with Crippen molar-refractivity contribution in [2.45, 2.75) is 6.92 Å². The van der Waals surface area contributed by atoms with Gasteiger partial charge in [-0.2, -0.15) is 0 Å². The summed E-state index contributed by atoms with van der Waals surface area (Å²) in [5.74, 6) is 0. The van der Waals surface area contributed by atoms with E-state index in [1.165, 1.54) is 6.07 Å². The number of aromatic amines is 1. The molecule has 0 saturated carbocycles. The molecule has 2 rings (SSSR count). The van der Waals surface area contributed by atoms with Gasteiger partial charge in [0.25, 0.3) is 11.2 Å². The van der Waals surface area contributed by atoms with E-state index in [0.29, 0.717) is 16.5 Å². The summed E-state index contributed by atoms with van der Waals surface area (Å²) in [5.41, 5.74) is 0.875. The maximum atomic E-state index is 11.4. The first-order chi connectivity index (χ1) is 7.00. The summed E-state index contributed by atoms with van der Waals surface area (Å²) >= 11 is 0. The molecule has 0 saturated heterocycles. The van der Waals surface area contributed by atoms with Gasteiger partial charge in [0.15, 0.2) is 0 Å². The lowest BCUT2D eigenvalue weighted by Crippen LogP contribution is -2.01. The molecule has 0 aliphatic rings. The van der Waals surface area contributed by atoms with Crippen LogP contribution in [-0.4, -0.2) is 14.7 Å². The molecule has 0 amide bonds. The molecule has 0 spiro atoms. The molecule has 1 aromatic carbocycles. The van der Waals surface area contributed by atoms with Crippen LogP contribution in [0, 0.1) is 17.0 Å². The van der Waals surface area contributed by atoms with Gasteiger partial charge in [0.05, 0.1) is 15.8 Å². The largest absolute Gasteiger partial charge is 0.288 e. The van der Waals surface area contributed by atoms with Crippen LogP contribution < -0.4 is 5.56 Å². The molecule has 0 unspecified atom stereocenters. The molecule has 1 aromatic heterocycles. The quantitative estimate of drug-likeness (QED) is 0.561. The number of nitro benzene ring substituents is 1. The Morgan fingerprint density at radius 3 is 2.73 bits per heavy atom. The van der Waals surface area contributed by atoms with Crippen LogP contribution in [0.3, 0.4) is 0 Å². The van der Waals surface area contributed by atoms with Crippen LogP contribution in [0.4, 0.5) is 5.69 Å². The van der Waals surface area contributed by atoms with Crippen molar-refractivity contribution in [3.63, 3.8) is 0 Å². The highest BCUT2D eigenvalue weighted by atomic mass is 16.6. The molecule has 6 nitrogen and oxygen atoms in total. The smallest absolute Gasteiger partial charge is 0.273 e. The Hall–Kier alpha value is -2.11. The van der Waals surface area contributed by atoms with E-state index < -0.39 is 4.92 Å². The molecule has 0 atom stereocenters. The predicted molar refractivity (Wildman–Crippen MR) is 54.9 cm³/mol. The summed E-state index contributed by atoms with van der Waals surface area (Å²) in [6.45, 7) is 1.65. The Morgan fingerprint density at radius 2 is 2.13 bits per heavy atom. The van der Waals surface area contributed by atoms with Crippen molar-refractivity contribution in [3.8, 4) is 0 Å². The summed E-state index contributed by atoms with van der Waals surface area (Å²) in [5, 5.41) is 13.6. The van der Waals surface area contributed by atoms with Gasteiger partial charge in [-0.15, -0.1) is 0 Å². The van der Waals surface area contributed by atoms with E-state index in [4.69, 9.17) is 0 Å². The minimum absolute atomic E-state index is 0.0285. The molecule has 0 fully saturated rings. The van der Waals surface area contributed by atoms with Crippen LogP contribution in [-0.2, 0) is 7.05 Å². The topological polar surface area (TPSA) is 80.9 Å². The van der Waals surface area contributed by atoms with Crippen molar-refractivity contribution in [1.29, 1.82) is 0 Å². The molecule has 2 aromatic rings. The van der Waals surface area contributed by atoms with E-state index in [2.05, 4.69) is 5.10 Å². The summed E-state index contributed by atoms with van der Waals surface area (Å²) in [4.78, 5) is 21.6. The molecule has 6 heteroatoms. The fourth-order valence-electron chi connectivity index (χ4n) is 1.61. The number of fused-ring (bicyclic) bond motifs is 1. The number of benzene rings is 1. The third kappa shape index (κ3) is 1.30. The van der Waals surface area contributed by atoms with E-state index in [0.717, 1.165) is 0 Å². The van der Waals surface area contributed by atoms with Crippen molar-refractivity contribution < 1.29 is 4.92 Å². The van der Waals surface area contributed by atoms with Crippen LogP contribution in [0.2, 0.25) is 0 Å². The van der Waals surface area contributed by atoms with E-state index in [-0.39, 0.29) is 11.2 Å². The van der Waals surface area contributed by atoms with E-state index >= 15 is 0 Å². The maximum absolute atomic E-state index is 11.4. The molecule has 78 valence electrons. The zero-order valence-electron chi connectivity index (χ0n) is 8.27. The molecule has 0 radical (unpaired) electrons. The van der Waals surface area contributed by atoms with Crippen LogP contribution >= 0.6 is 0 Å². The summed E-state index contributed by atoms with van der Waals surface area (Å²) < 4.78 is 1.55. The van der Waals surface area contributed by atoms with E-state index in [1.54, 1.807) is 24.7 Å². The third-order valence-corrected chi connectivity index (χ3v) is 2.39. The van der Waals surface area contributed by atoms with Gasteiger partial charge >= 0.3 is 0 Å². The van der Waals surface area contributed by atoms with E-state index in [9.17, 15) is 14.9 Å². The fraction of sp³-hybridized carbons (Fsp3) is 0.222. The summed E-state index contributed by atoms with van der Waals surface area (Å²) in [6.07, 6.45) is 0. The van der Waals surface area contributed by atoms with Gasteiger partial charge in [0, 0.05) is 18.7 Å². The lowest BCUT2D eigenvalue weighted by molar-refractivity contribution is -0.385. The highest BCUT2D eigenvalue weighted by molar-refractivity contribution is 5.82. The van der Waals surface area contributed by atoms with E-state index in [1.807, 2.05) is 0 Å². The number of aryl methyl sites for hydroxylation is 2. The Balaban J connectivity index is 2.91. The highest BCUT2D eigenvalue weighted by Gasteiger charge is 2.15. The van der Waals surface area contributed by atoms with Crippen molar-refractivity contribution in [2.75, 3.05) is 0 Å². The van der Waals surface area contributed by atoms with Gasteiger partial charge in [-0.05, 0) is 13.0 Å². The first kappa shape index (κ1) is 9.45. The van der Waals surface area contributed by atoms with Crippen LogP contribution in [0.1, 0.15) is 5.56 Å². The predicted octanol–water partition coefficient (Wildman–Crippen LogP) is 1.08. The van der Waals surface area contributed by atoms with Crippen molar-refractivity contribution in [3.05, 3.63) is 38.2 Å². The number of aromatic nitrogens is 2. The monoisotopic (exact) mass is 207 g/mol. The number of rotatable bonds is 1. The molecule has 0 aliphatic carbocycles. The Labute approximate surface area is 84.3 Å². The number of nitrogens with zero attached hydrogens (tertiary/aromatic N) is 2. The zero-order chi connectivity index (χ0) is 11.2. The lowest BCUT2D eigenvalue weighted by atomic mass is 10.1. The normalized spacial score (nSPS) is 10.8. The molecule has 1 N–H and O–H groups in total. The van der Waals surface area contributed by atoms with Crippen molar-refractivity contribution in [1.82, 2.24) is 9.78 Å². The number of nitrogens with one attached hydrogen (secondary N) is 1. The second-order valence-electron chi connectivity index (χ2n) is 3.41. The molecule has 1 heterocycles. The summed E-state index contributed by atoms with van der Waals surface area (Å²) in [6, 6.07) is 2.94. The molecular formula is C9H9N3O3. The van der Waals surface area contributed by atoms with Crippen LogP contribution in [0.25, 0.3) is 10.9 Å². The molecule has 15 heavy (non-hydrogen) atoms. The molecular weight excluding hydrogens is 198 g/mol. The Kier molecular flexibility index (Phi) is 1.85. The fourth-order valence-corrected chi connectivity index (χ4v) is 1.61. The van der Waals surface area contributed by atoms with Gasteiger partial charge in [0.2, 0.25) is 0 Å². The van der Waals surface area contributed by atoms with Crippen molar-refractivity contribution in [2.24, 2.45) is 7.05 Å². The second kappa shape index (κ2) is 2.94. The zero-order valence-corrected chi connectivity index (χ0v) is 8.27. The number of H-pyrrole nitrogens is 1. The maximum Gasteiger partial charge on any atom is 0.273 e.